The monoisotopic (exact) mass is 950 g/mol. The smallest absolute Gasteiger partial charge is 0.173 e. The molecule has 358 valence electrons. The van der Waals surface area contributed by atoms with E-state index in [9.17, 15) is 10.2 Å². The van der Waals surface area contributed by atoms with Crippen LogP contribution in [0.25, 0.3) is 22.3 Å². The van der Waals surface area contributed by atoms with E-state index in [-0.39, 0.29) is 0 Å². The number of phenols is 2. The highest BCUT2D eigenvalue weighted by atomic mass is 16.5. The van der Waals surface area contributed by atoms with E-state index >= 15 is 0 Å². The van der Waals surface area contributed by atoms with Crippen molar-refractivity contribution in [3.05, 3.63) is 251 Å². The summed E-state index contributed by atoms with van der Waals surface area (Å²) in [6, 6.07) is 51.2. The minimum atomic E-state index is 0.300. The molecule has 4 aromatic heterocycles. The summed E-state index contributed by atoms with van der Waals surface area (Å²) >= 11 is 0. The maximum Gasteiger partial charge on any atom is 0.173 e. The fourth-order valence-electron chi connectivity index (χ4n) is 10.3. The SMILES string of the molecule is Oc1c2cccc1Cc1cccc3c1OCCCC[n+]1ccc(cc1)-c1cc[n+](cc1)Cc1ccc(cc1)C[n+]1ccc(cc1)-c1cc[n+](cc1)CCCCOc1c(cccc1Cc1cccc(c1O)C3)C2. The van der Waals surface area contributed by atoms with Gasteiger partial charge in [0.1, 0.15) is 36.1 Å². The third kappa shape index (κ3) is 10.8. The van der Waals surface area contributed by atoms with Crippen LogP contribution in [-0.4, -0.2) is 23.4 Å². The fourth-order valence-corrected chi connectivity index (χ4v) is 10.3. The van der Waals surface area contributed by atoms with E-state index in [1.807, 2.05) is 36.4 Å². The first-order valence-corrected chi connectivity index (χ1v) is 25.6. The van der Waals surface area contributed by atoms with Gasteiger partial charge in [0.25, 0.3) is 0 Å². The molecule has 2 N–H and O–H groups in total. The Balaban J connectivity index is 0.881. The predicted octanol–water partition coefficient (Wildman–Crippen LogP) is 10.4. The van der Waals surface area contributed by atoms with Crippen molar-refractivity contribution < 1.29 is 38.0 Å². The van der Waals surface area contributed by atoms with Crippen LogP contribution in [0.1, 0.15) is 81.3 Å². The number of phenolic OH excluding ortho intramolecular Hbond substituents is 2. The molecule has 14 heterocycles. The Morgan fingerprint density at radius 2 is 0.583 bits per heavy atom. The van der Waals surface area contributed by atoms with Crippen LogP contribution in [0.3, 0.4) is 0 Å². The predicted molar refractivity (Wildman–Crippen MR) is 279 cm³/mol. The van der Waals surface area contributed by atoms with Gasteiger partial charge in [0, 0.05) is 98.2 Å². The largest absolute Gasteiger partial charge is 0.507 e. The molecular weight excluding hydrogens is 889 g/mol. The van der Waals surface area contributed by atoms with Gasteiger partial charge in [-0.1, -0.05) is 97.1 Å². The second-order valence-electron chi connectivity index (χ2n) is 19.5. The van der Waals surface area contributed by atoms with Gasteiger partial charge < -0.3 is 19.7 Å². The van der Waals surface area contributed by atoms with Crippen molar-refractivity contribution in [3.63, 3.8) is 0 Å². The van der Waals surface area contributed by atoms with Crippen molar-refractivity contribution in [3.8, 4) is 45.3 Å². The molecule has 0 spiro atoms. The lowest BCUT2D eigenvalue weighted by molar-refractivity contribution is -0.697. The Hall–Kier alpha value is -8.10. The fraction of sp³-hybridized carbons (Fsp3) is 0.219. The Morgan fingerprint density at radius 3 is 0.889 bits per heavy atom. The van der Waals surface area contributed by atoms with E-state index in [0.29, 0.717) is 50.4 Å². The van der Waals surface area contributed by atoms with Crippen molar-refractivity contribution in [1.29, 1.82) is 0 Å². The zero-order valence-corrected chi connectivity index (χ0v) is 40.9. The Morgan fingerprint density at radius 1 is 0.306 bits per heavy atom. The number of para-hydroxylation sites is 4. The highest BCUT2D eigenvalue weighted by Gasteiger charge is 2.21. The van der Waals surface area contributed by atoms with Crippen LogP contribution in [0.5, 0.6) is 23.0 Å². The number of aromatic nitrogens is 4. The number of rotatable bonds is 0. The van der Waals surface area contributed by atoms with E-state index < -0.39 is 0 Å². The number of ether oxygens (including phenoxy) is 2. The molecule has 0 amide bonds. The molecule has 0 saturated carbocycles. The van der Waals surface area contributed by atoms with Crippen molar-refractivity contribution in [2.45, 2.75) is 77.5 Å². The second kappa shape index (κ2) is 21.5. The van der Waals surface area contributed by atoms with Gasteiger partial charge in [-0.05, 0) is 79.6 Å². The van der Waals surface area contributed by atoms with Crippen LogP contribution >= 0.6 is 0 Å². The van der Waals surface area contributed by atoms with Crippen molar-refractivity contribution in [1.82, 2.24) is 0 Å². The molecule has 10 aliphatic heterocycles. The van der Waals surface area contributed by atoms with Crippen LogP contribution in [0, 0.1) is 0 Å². The topological polar surface area (TPSA) is 74.4 Å². The van der Waals surface area contributed by atoms with Crippen LogP contribution in [0.4, 0.5) is 0 Å². The number of fused-ring (bicyclic) bond motifs is 2. The van der Waals surface area contributed by atoms with Gasteiger partial charge in [-0.3, -0.25) is 0 Å². The van der Waals surface area contributed by atoms with Crippen molar-refractivity contribution >= 4 is 0 Å². The van der Waals surface area contributed by atoms with Crippen LogP contribution in [0.15, 0.2) is 195 Å². The summed E-state index contributed by atoms with van der Waals surface area (Å²) < 4.78 is 22.5. The number of nitrogens with zero attached hydrogens (tertiary/aromatic N) is 4. The minimum Gasteiger partial charge on any atom is -0.507 e. The van der Waals surface area contributed by atoms with Gasteiger partial charge in [0.2, 0.25) is 0 Å². The molecule has 0 radical (unpaired) electrons. The first-order valence-electron chi connectivity index (χ1n) is 25.6. The zero-order chi connectivity index (χ0) is 48.6. The van der Waals surface area contributed by atoms with Gasteiger partial charge in [0.05, 0.1) is 13.2 Å². The summed E-state index contributed by atoms with van der Waals surface area (Å²) in [5.74, 6) is 2.25. The number of hydrogen-bond donors (Lipinski definition) is 2. The van der Waals surface area contributed by atoms with Crippen LogP contribution < -0.4 is 27.7 Å². The van der Waals surface area contributed by atoms with Gasteiger partial charge in [-0.25, -0.2) is 18.3 Å². The summed E-state index contributed by atoms with van der Waals surface area (Å²) in [7, 11) is 0. The molecule has 1 aliphatic carbocycles. The number of hydrogen-bond acceptors (Lipinski definition) is 4. The molecule has 8 heteroatoms. The van der Waals surface area contributed by atoms with E-state index in [4.69, 9.17) is 9.47 Å². The Kier molecular flexibility index (Phi) is 13.8. The van der Waals surface area contributed by atoms with Gasteiger partial charge in [-0.15, -0.1) is 0 Å². The lowest BCUT2D eigenvalue weighted by atomic mass is 9.91. The maximum atomic E-state index is 12.0. The zero-order valence-electron chi connectivity index (χ0n) is 40.9. The van der Waals surface area contributed by atoms with Gasteiger partial charge >= 0.3 is 0 Å². The highest BCUT2D eigenvalue weighted by molar-refractivity contribution is 5.62. The third-order valence-corrected chi connectivity index (χ3v) is 14.4. The summed E-state index contributed by atoms with van der Waals surface area (Å²) in [5, 5.41) is 23.9. The summed E-state index contributed by atoms with van der Waals surface area (Å²) in [6.45, 7) is 4.46. The number of benzene rings is 5. The van der Waals surface area contributed by atoms with E-state index in [0.717, 1.165) is 108 Å². The average molecular weight is 951 g/mol. The minimum absolute atomic E-state index is 0.300. The molecule has 0 atom stereocenters. The lowest BCUT2D eigenvalue weighted by Crippen LogP contribution is -2.34. The first-order chi connectivity index (χ1) is 35.5. The molecule has 0 saturated heterocycles. The third-order valence-electron chi connectivity index (χ3n) is 14.4. The molecule has 11 aliphatic rings. The molecular formula is C64H62N4O4+4. The molecule has 20 rings (SSSR count). The van der Waals surface area contributed by atoms with E-state index in [1.165, 1.54) is 33.4 Å². The normalized spacial score (nSPS) is 14.2. The van der Waals surface area contributed by atoms with Crippen molar-refractivity contribution in [2.24, 2.45) is 0 Å². The molecule has 72 heavy (non-hydrogen) atoms. The highest BCUT2D eigenvalue weighted by Crippen LogP contribution is 2.38. The molecule has 0 fully saturated rings. The number of aryl methyl sites for hydroxylation is 2. The molecule has 5 aromatic carbocycles. The van der Waals surface area contributed by atoms with Gasteiger partial charge in [0.15, 0.2) is 62.7 Å². The summed E-state index contributed by atoms with van der Waals surface area (Å²) in [4.78, 5) is 0. The number of pyridine rings is 4. The second-order valence-corrected chi connectivity index (χ2v) is 19.5. The van der Waals surface area contributed by atoms with Crippen LogP contribution in [-0.2, 0) is 51.9 Å². The van der Waals surface area contributed by atoms with Crippen molar-refractivity contribution in [2.75, 3.05) is 13.2 Å². The number of aromatic hydroxyl groups is 2. The summed E-state index contributed by atoms with van der Waals surface area (Å²) in [5.41, 5.74) is 14.7. The Labute approximate surface area is 423 Å². The molecule has 8 nitrogen and oxygen atoms in total. The van der Waals surface area contributed by atoms with E-state index in [1.54, 1.807) is 0 Å². The van der Waals surface area contributed by atoms with Crippen LogP contribution in [0.2, 0.25) is 0 Å². The Bertz CT molecular complexity index is 2990. The van der Waals surface area contributed by atoms with E-state index in [2.05, 4.69) is 177 Å². The standard InChI is InChI=1S/C64H60N4O4/c69-61-53-9-5-11-55(61)43-59-15-8-16-60-44-56-12-6-10-54(62(56)70)42-58-14-7-13-57(41-53)63(58)71-39-3-1-29-65-31-21-49(22-32-65)51-25-35-67(36-26-51)45-47-17-19-48(20-18-47)46-68-37-27-52(28-38-68)50-23-33-66(34-24-50)30-2-4-40-72-64(59)60/h5-28,31-38H,1-4,29-30,39-46H2/q+2/p+2. The quantitative estimate of drug-likeness (QED) is 0.149. The molecule has 20 bridgehead atoms. The van der Waals surface area contributed by atoms with Gasteiger partial charge in [-0.2, -0.15) is 0 Å². The maximum absolute atomic E-state index is 12.0. The molecule has 0 unspecified atom stereocenters. The lowest BCUT2D eigenvalue weighted by Gasteiger charge is -2.20. The average Bonchev–Trinajstić information content (AvgIpc) is 3.40. The summed E-state index contributed by atoms with van der Waals surface area (Å²) in [6.07, 6.45) is 23.0. The molecule has 9 aromatic rings. The first kappa shape index (κ1) is 46.3.